The van der Waals surface area contributed by atoms with Gasteiger partial charge in [-0.1, -0.05) is 5.16 Å². The second-order valence-corrected chi connectivity index (χ2v) is 5.18. The first kappa shape index (κ1) is 14.8. The van der Waals surface area contributed by atoms with Crippen molar-refractivity contribution >= 4 is 21.5 Å². The van der Waals surface area contributed by atoms with Crippen molar-refractivity contribution in [2.75, 3.05) is 10.5 Å². The maximum absolute atomic E-state index is 11.9. The van der Waals surface area contributed by atoms with Crippen LogP contribution in [0.25, 0.3) is 0 Å². The largest absolute Gasteiger partial charge is 0.399 e. The van der Waals surface area contributed by atoms with Crippen LogP contribution in [0, 0.1) is 6.92 Å². The van der Waals surface area contributed by atoms with Gasteiger partial charge >= 0.3 is 0 Å². The van der Waals surface area contributed by atoms with Crippen molar-refractivity contribution in [1.82, 2.24) is 5.16 Å². The number of hydrogen-bond acceptors (Lipinski definition) is 5. The van der Waals surface area contributed by atoms with Gasteiger partial charge in [-0.05, 0) is 31.2 Å². The van der Waals surface area contributed by atoms with E-state index in [1.165, 1.54) is 30.3 Å². The van der Waals surface area contributed by atoms with E-state index in [1.807, 2.05) is 0 Å². The first-order chi connectivity index (χ1) is 7.97. The molecular weight excluding hydrogens is 439 g/mol. The van der Waals surface area contributed by atoms with Gasteiger partial charge < -0.3 is 10.3 Å². The van der Waals surface area contributed by atoms with E-state index in [0.29, 0.717) is 11.4 Å². The molecule has 3 N–H and O–H groups in total. The summed E-state index contributed by atoms with van der Waals surface area (Å²) in [6.45, 7) is 1.67. The summed E-state index contributed by atoms with van der Waals surface area (Å²) in [4.78, 5) is 0.118. The van der Waals surface area contributed by atoms with Gasteiger partial charge in [0.05, 0.1) is 4.90 Å². The van der Waals surface area contributed by atoms with Crippen LogP contribution in [-0.4, -0.2) is 13.6 Å². The molecule has 0 spiro atoms. The molecule has 1 aromatic carbocycles. The van der Waals surface area contributed by atoms with E-state index >= 15 is 0 Å². The van der Waals surface area contributed by atoms with Crippen LogP contribution in [0.4, 0.5) is 11.5 Å². The molecule has 0 aliphatic carbocycles. The number of benzene rings is 1. The Hall–Kier alpha value is -1.28. The number of rotatable bonds is 3. The van der Waals surface area contributed by atoms with E-state index in [4.69, 9.17) is 10.3 Å². The molecule has 8 heteroatoms. The Morgan fingerprint density at radius 1 is 1.28 bits per heavy atom. The molecule has 1 heterocycles. The summed E-state index contributed by atoms with van der Waals surface area (Å²) in [7, 11) is -3.64. The molecular formula is C10H11AuN3O3S. The smallest absolute Gasteiger partial charge is 0.263 e. The number of hydrogen-bond donors (Lipinski definition) is 2. The van der Waals surface area contributed by atoms with E-state index < -0.39 is 10.0 Å². The molecule has 2 rings (SSSR count). The predicted molar refractivity (Wildman–Crippen MR) is 62.9 cm³/mol. The number of nitrogens with zero attached hydrogens (tertiary/aromatic N) is 1. The third kappa shape index (κ3) is 3.36. The van der Waals surface area contributed by atoms with Crippen LogP contribution in [-0.2, 0) is 32.4 Å². The van der Waals surface area contributed by atoms with Crippen LogP contribution < -0.4 is 10.5 Å². The maximum atomic E-state index is 11.9. The first-order valence-corrected chi connectivity index (χ1v) is 6.27. The van der Waals surface area contributed by atoms with Gasteiger partial charge in [0.2, 0.25) is 0 Å². The van der Waals surface area contributed by atoms with Crippen molar-refractivity contribution in [1.29, 1.82) is 0 Å². The monoisotopic (exact) mass is 450 g/mol. The molecule has 1 aromatic heterocycles. The molecule has 0 atom stereocenters. The standard InChI is InChI=1S/C10H11N3O3S.Au/c1-7-6-10(12-16-7)13-17(14,15)9-4-2-8(11)3-5-9;/h2-6H,11H2,1H3,(H,12,13);. The summed E-state index contributed by atoms with van der Waals surface area (Å²) in [5.74, 6) is 0.680. The topological polar surface area (TPSA) is 98.2 Å². The summed E-state index contributed by atoms with van der Waals surface area (Å²) in [5, 5.41) is 3.55. The summed E-state index contributed by atoms with van der Waals surface area (Å²) >= 11 is 0. The zero-order valence-electron chi connectivity index (χ0n) is 9.35. The van der Waals surface area contributed by atoms with Crippen LogP contribution in [0.5, 0.6) is 0 Å². The summed E-state index contributed by atoms with van der Waals surface area (Å²) in [6, 6.07) is 7.37. The zero-order valence-corrected chi connectivity index (χ0v) is 12.3. The molecule has 1 radical (unpaired) electrons. The van der Waals surface area contributed by atoms with Crippen LogP contribution in [0.2, 0.25) is 0 Å². The van der Waals surface area contributed by atoms with Gasteiger partial charge in [-0.3, -0.25) is 4.72 Å². The minimum atomic E-state index is -3.64. The van der Waals surface area contributed by atoms with Crippen LogP contribution in [0.1, 0.15) is 5.76 Å². The van der Waals surface area contributed by atoms with Gasteiger partial charge in [0, 0.05) is 34.1 Å². The van der Waals surface area contributed by atoms with Gasteiger partial charge in [0.1, 0.15) is 5.76 Å². The van der Waals surface area contributed by atoms with Crippen molar-refractivity contribution in [3.05, 3.63) is 36.1 Å². The van der Waals surface area contributed by atoms with E-state index in [0.717, 1.165) is 0 Å². The van der Waals surface area contributed by atoms with Crippen molar-refractivity contribution in [3.63, 3.8) is 0 Å². The first-order valence-electron chi connectivity index (χ1n) is 4.79. The molecule has 0 aliphatic rings. The third-order valence-corrected chi connectivity index (χ3v) is 3.43. The molecule has 18 heavy (non-hydrogen) atoms. The Morgan fingerprint density at radius 2 is 1.89 bits per heavy atom. The summed E-state index contributed by atoms with van der Waals surface area (Å²) < 4.78 is 30.8. The molecule has 0 saturated carbocycles. The summed E-state index contributed by atoms with van der Waals surface area (Å²) in [6.07, 6.45) is 0. The van der Waals surface area contributed by atoms with Crippen molar-refractivity contribution in [2.45, 2.75) is 11.8 Å². The Morgan fingerprint density at radius 3 is 2.39 bits per heavy atom. The SMILES string of the molecule is Cc1cc(NS(=O)(=O)c2ccc(N)cc2)no1.[Au]. The van der Waals surface area contributed by atoms with Gasteiger partial charge in [-0.15, -0.1) is 0 Å². The zero-order chi connectivity index (χ0) is 12.5. The van der Waals surface area contributed by atoms with Gasteiger partial charge in [0.25, 0.3) is 10.0 Å². The minimum absolute atomic E-state index is 0. The second kappa shape index (κ2) is 5.57. The average Bonchev–Trinajstić information content (AvgIpc) is 2.63. The van der Waals surface area contributed by atoms with E-state index in [2.05, 4.69) is 9.88 Å². The Kier molecular flexibility index (Phi) is 4.58. The fraction of sp³-hybridized carbons (Fsp3) is 0.100. The molecule has 2 aromatic rings. The van der Waals surface area contributed by atoms with Gasteiger partial charge in [-0.25, -0.2) is 8.42 Å². The number of nitrogens with two attached hydrogens (primary N) is 1. The minimum Gasteiger partial charge on any atom is -0.399 e. The predicted octanol–water partition coefficient (Wildman–Crippen LogP) is 1.36. The van der Waals surface area contributed by atoms with Crippen LogP contribution in [0.15, 0.2) is 39.8 Å². The third-order valence-electron chi connectivity index (χ3n) is 2.06. The van der Waals surface area contributed by atoms with E-state index in [9.17, 15) is 8.42 Å². The molecule has 0 saturated heterocycles. The van der Waals surface area contributed by atoms with Crippen LogP contribution in [0.3, 0.4) is 0 Å². The average molecular weight is 450 g/mol. The number of aryl methyl sites for hydroxylation is 1. The molecule has 0 aliphatic heterocycles. The van der Waals surface area contributed by atoms with Gasteiger partial charge in [-0.2, -0.15) is 0 Å². The quantitative estimate of drug-likeness (QED) is 0.544. The number of nitrogens with one attached hydrogen (secondary N) is 1. The maximum Gasteiger partial charge on any atom is 0.263 e. The molecule has 0 unspecified atom stereocenters. The Labute approximate surface area is 120 Å². The molecule has 0 fully saturated rings. The van der Waals surface area contributed by atoms with E-state index in [-0.39, 0.29) is 33.1 Å². The Bertz CT molecular complexity index is 622. The molecule has 101 valence electrons. The number of nitrogen functional groups attached to an aromatic ring is 1. The van der Waals surface area contributed by atoms with Crippen LogP contribution >= 0.6 is 0 Å². The number of aromatic nitrogens is 1. The molecule has 0 amide bonds. The Balaban J connectivity index is 0.00000162. The normalized spacial score (nSPS) is 10.7. The number of sulfonamides is 1. The van der Waals surface area contributed by atoms with Gasteiger partial charge in [0.15, 0.2) is 5.82 Å². The fourth-order valence-corrected chi connectivity index (χ4v) is 2.24. The summed E-state index contributed by atoms with van der Waals surface area (Å²) in [5.41, 5.74) is 5.98. The van der Waals surface area contributed by atoms with Crippen molar-refractivity contribution < 1.29 is 35.3 Å². The van der Waals surface area contributed by atoms with Crippen molar-refractivity contribution in [2.24, 2.45) is 0 Å². The fourth-order valence-electron chi connectivity index (χ4n) is 1.26. The second-order valence-electron chi connectivity index (χ2n) is 3.50. The molecule has 6 nitrogen and oxygen atoms in total. The number of anilines is 2. The van der Waals surface area contributed by atoms with E-state index in [1.54, 1.807) is 6.92 Å². The molecule has 0 bridgehead atoms. The van der Waals surface area contributed by atoms with Crippen molar-refractivity contribution in [3.8, 4) is 0 Å².